The summed E-state index contributed by atoms with van der Waals surface area (Å²) in [5, 5.41) is 13.9. The van der Waals surface area contributed by atoms with Crippen LogP contribution in [0.1, 0.15) is 43.1 Å². The Kier molecular flexibility index (Phi) is 4.97. The van der Waals surface area contributed by atoms with Gasteiger partial charge in [0, 0.05) is 25.2 Å². The maximum Gasteiger partial charge on any atom is 0.309 e. The molecule has 1 N–H and O–H groups in total. The average Bonchev–Trinajstić information content (AvgIpc) is 3.06. The van der Waals surface area contributed by atoms with Crippen molar-refractivity contribution in [3.8, 4) is 5.75 Å². The van der Waals surface area contributed by atoms with Crippen molar-refractivity contribution in [2.75, 3.05) is 7.11 Å². The first-order valence-corrected chi connectivity index (χ1v) is 8.60. The number of benzene rings is 1. The number of carboxylic acid groups (broad SMARTS) is 1. The number of carboxylic acids is 1. The molecule has 138 valence electrons. The van der Waals surface area contributed by atoms with Gasteiger partial charge in [-0.25, -0.2) is 0 Å². The number of methoxy groups -OCH3 is 1. The molecule has 0 saturated carbocycles. The second-order valence-corrected chi connectivity index (χ2v) is 6.53. The molecule has 3 atom stereocenters. The van der Waals surface area contributed by atoms with E-state index in [1.165, 1.54) is 0 Å². The molecule has 1 saturated heterocycles. The molecule has 0 spiro atoms. The molecule has 7 heteroatoms. The highest BCUT2D eigenvalue weighted by Gasteiger charge is 2.44. The van der Waals surface area contributed by atoms with Gasteiger partial charge >= 0.3 is 5.97 Å². The highest BCUT2D eigenvalue weighted by Crippen LogP contribution is 2.43. The van der Waals surface area contributed by atoms with Gasteiger partial charge in [-0.2, -0.15) is 5.10 Å². The fourth-order valence-corrected chi connectivity index (χ4v) is 3.81. The van der Waals surface area contributed by atoms with E-state index in [1.807, 2.05) is 31.2 Å². The Balaban J connectivity index is 2.09. The maximum absolute atomic E-state index is 12.9. The van der Waals surface area contributed by atoms with E-state index in [2.05, 4.69) is 5.10 Å². The molecule has 26 heavy (non-hydrogen) atoms. The number of rotatable bonds is 5. The number of carbonyl (C=O) groups excluding carboxylic acids is 1. The van der Waals surface area contributed by atoms with Crippen molar-refractivity contribution in [1.82, 2.24) is 14.7 Å². The third-order valence-electron chi connectivity index (χ3n) is 5.12. The molecule has 1 aromatic heterocycles. The monoisotopic (exact) mass is 357 g/mol. The average molecular weight is 357 g/mol. The van der Waals surface area contributed by atoms with E-state index in [-0.39, 0.29) is 18.4 Å². The number of hydrogen-bond acceptors (Lipinski definition) is 4. The van der Waals surface area contributed by atoms with Crippen LogP contribution in [0.5, 0.6) is 5.75 Å². The lowest BCUT2D eigenvalue weighted by molar-refractivity contribution is -0.154. The Bertz CT molecular complexity index is 817. The lowest BCUT2D eigenvalue weighted by Crippen LogP contribution is -2.47. The molecule has 1 amide bonds. The molecule has 0 bridgehead atoms. The van der Waals surface area contributed by atoms with Crippen molar-refractivity contribution in [2.24, 2.45) is 13.0 Å². The molecule has 1 aromatic carbocycles. The summed E-state index contributed by atoms with van der Waals surface area (Å²) in [6.45, 7) is 1.91. The van der Waals surface area contributed by atoms with Gasteiger partial charge in [0.1, 0.15) is 5.75 Å². The van der Waals surface area contributed by atoms with Crippen LogP contribution in [-0.4, -0.2) is 38.8 Å². The van der Waals surface area contributed by atoms with Crippen LogP contribution < -0.4 is 4.74 Å². The fraction of sp³-hybridized carbons (Fsp3) is 0.421. The third-order valence-corrected chi connectivity index (χ3v) is 5.12. The van der Waals surface area contributed by atoms with E-state index < -0.39 is 17.9 Å². The molecule has 2 heterocycles. The summed E-state index contributed by atoms with van der Waals surface area (Å²) in [5.74, 6) is -0.970. The largest absolute Gasteiger partial charge is 0.496 e. The summed E-state index contributed by atoms with van der Waals surface area (Å²) >= 11 is 0. The van der Waals surface area contributed by atoms with Gasteiger partial charge in [-0.15, -0.1) is 0 Å². The second kappa shape index (κ2) is 7.19. The molecule has 7 nitrogen and oxygen atoms in total. The van der Waals surface area contributed by atoms with E-state index in [0.29, 0.717) is 17.9 Å². The smallest absolute Gasteiger partial charge is 0.309 e. The Hall–Kier alpha value is -2.83. The highest BCUT2D eigenvalue weighted by atomic mass is 16.5. The summed E-state index contributed by atoms with van der Waals surface area (Å²) in [6.07, 6.45) is 2.16. The first kappa shape index (κ1) is 18.0. The van der Waals surface area contributed by atoms with Crippen molar-refractivity contribution >= 4 is 11.9 Å². The summed E-state index contributed by atoms with van der Waals surface area (Å²) in [6, 6.07) is 8.36. The number of likely N-dealkylation sites (tertiary alicyclic amines) is 1. The minimum Gasteiger partial charge on any atom is -0.496 e. The minimum atomic E-state index is -0.902. The zero-order valence-electron chi connectivity index (χ0n) is 15.1. The van der Waals surface area contributed by atoms with Gasteiger partial charge in [-0.05, 0) is 25.5 Å². The number of aromatic nitrogens is 2. The van der Waals surface area contributed by atoms with Gasteiger partial charge in [0.25, 0.3) is 0 Å². The summed E-state index contributed by atoms with van der Waals surface area (Å²) in [7, 11) is 3.35. The number of amides is 1. The zero-order chi connectivity index (χ0) is 18.8. The quantitative estimate of drug-likeness (QED) is 0.889. The maximum atomic E-state index is 12.9. The van der Waals surface area contributed by atoms with Crippen LogP contribution in [-0.2, 0) is 16.6 Å². The van der Waals surface area contributed by atoms with Gasteiger partial charge in [0.15, 0.2) is 0 Å². The van der Waals surface area contributed by atoms with Crippen LogP contribution in [0.3, 0.4) is 0 Å². The standard InChI is InChI=1S/C19H23N3O4/c1-12(13-6-4-5-7-16(13)26-3)22-17(23)9-8-14(19(24)25)18(22)15-10-11-20-21(15)2/h4-7,10-12,14,18H,8-9H2,1-3H3,(H,24,25)/t12?,14-,18-/m0/s1. The van der Waals surface area contributed by atoms with E-state index in [4.69, 9.17) is 4.74 Å². The van der Waals surface area contributed by atoms with Crippen molar-refractivity contribution in [2.45, 2.75) is 31.8 Å². The lowest BCUT2D eigenvalue weighted by atomic mass is 9.84. The van der Waals surface area contributed by atoms with Crippen LogP contribution in [0.4, 0.5) is 0 Å². The number of aryl methyl sites for hydroxylation is 1. The van der Waals surface area contributed by atoms with E-state index in [0.717, 1.165) is 5.56 Å². The molecule has 0 aliphatic carbocycles. The van der Waals surface area contributed by atoms with Gasteiger partial charge in [0.05, 0.1) is 30.8 Å². The van der Waals surface area contributed by atoms with Crippen molar-refractivity contribution in [3.63, 3.8) is 0 Å². The number of hydrogen-bond donors (Lipinski definition) is 1. The molecular formula is C19H23N3O4. The van der Waals surface area contributed by atoms with Gasteiger partial charge in [-0.1, -0.05) is 18.2 Å². The first-order chi connectivity index (χ1) is 12.5. The molecule has 2 aromatic rings. The minimum absolute atomic E-state index is 0.0629. The Labute approximate surface area is 152 Å². The second-order valence-electron chi connectivity index (χ2n) is 6.53. The fourth-order valence-electron chi connectivity index (χ4n) is 3.81. The van der Waals surface area contributed by atoms with Crippen molar-refractivity contribution in [1.29, 1.82) is 0 Å². The van der Waals surface area contributed by atoms with Crippen LogP contribution >= 0.6 is 0 Å². The van der Waals surface area contributed by atoms with Crippen LogP contribution in [0.25, 0.3) is 0 Å². The third kappa shape index (κ3) is 3.05. The predicted octanol–water partition coefficient (Wildman–Crippen LogP) is 2.55. The van der Waals surface area contributed by atoms with Gasteiger partial charge in [0.2, 0.25) is 5.91 Å². The van der Waals surface area contributed by atoms with Crippen LogP contribution in [0.2, 0.25) is 0 Å². The molecule has 1 aliphatic rings. The number of aliphatic carboxylic acids is 1. The highest BCUT2D eigenvalue weighted by molar-refractivity contribution is 5.82. The number of carbonyl (C=O) groups is 2. The molecule has 3 rings (SSSR count). The molecular weight excluding hydrogens is 334 g/mol. The van der Waals surface area contributed by atoms with E-state index in [9.17, 15) is 14.7 Å². The van der Waals surface area contributed by atoms with Gasteiger partial charge in [-0.3, -0.25) is 14.3 Å². The normalized spacial score (nSPS) is 21.5. The van der Waals surface area contributed by atoms with Crippen LogP contribution in [0, 0.1) is 5.92 Å². The molecule has 1 fully saturated rings. The number of ether oxygens (including phenoxy) is 1. The predicted molar refractivity (Wildman–Crippen MR) is 94.6 cm³/mol. The van der Waals surface area contributed by atoms with Gasteiger partial charge < -0.3 is 14.7 Å². The Morgan fingerprint density at radius 2 is 2.08 bits per heavy atom. The van der Waals surface area contributed by atoms with E-state index >= 15 is 0 Å². The Morgan fingerprint density at radius 1 is 1.35 bits per heavy atom. The SMILES string of the molecule is COc1ccccc1C(C)N1C(=O)CC[C@H](C(=O)O)[C@H]1c1ccnn1C. The number of nitrogens with zero attached hydrogens (tertiary/aromatic N) is 3. The molecule has 0 radical (unpaired) electrons. The zero-order valence-corrected chi connectivity index (χ0v) is 15.1. The Morgan fingerprint density at radius 3 is 2.69 bits per heavy atom. The van der Waals surface area contributed by atoms with Crippen molar-refractivity contribution in [3.05, 3.63) is 47.8 Å². The summed E-state index contributed by atoms with van der Waals surface area (Å²) in [5.41, 5.74) is 1.56. The first-order valence-electron chi connectivity index (χ1n) is 8.60. The topological polar surface area (TPSA) is 84.7 Å². The number of para-hydroxylation sites is 1. The van der Waals surface area contributed by atoms with Crippen molar-refractivity contribution < 1.29 is 19.4 Å². The van der Waals surface area contributed by atoms with E-state index in [1.54, 1.807) is 36.0 Å². The lowest BCUT2D eigenvalue weighted by Gasteiger charge is -2.43. The number of piperidine rings is 1. The summed E-state index contributed by atoms with van der Waals surface area (Å²) in [4.78, 5) is 26.4. The summed E-state index contributed by atoms with van der Waals surface area (Å²) < 4.78 is 7.08. The molecule has 1 unspecified atom stereocenters. The van der Waals surface area contributed by atoms with Crippen LogP contribution in [0.15, 0.2) is 36.5 Å². The molecule has 1 aliphatic heterocycles.